The fraction of sp³-hybridized carbons (Fsp3) is 0.333. The summed E-state index contributed by atoms with van der Waals surface area (Å²) in [6.07, 6.45) is 0.502. The molecule has 1 aliphatic rings. The first-order valence-electron chi connectivity index (χ1n) is 7.02. The summed E-state index contributed by atoms with van der Waals surface area (Å²) in [6.45, 7) is 3.85. The van der Waals surface area contributed by atoms with Crippen LogP contribution in [0.1, 0.15) is 31.9 Å². The topological polar surface area (TPSA) is 81.4 Å². The van der Waals surface area contributed by atoms with Gasteiger partial charge >= 0.3 is 0 Å². The van der Waals surface area contributed by atoms with E-state index in [1.165, 1.54) is 6.07 Å². The molecule has 0 bridgehead atoms. The Balaban J connectivity index is 0.00000208. The predicted octanol–water partition coefficient (Wildman–Crippen LogP) is 3.99. The van der Waals surface area contributed by atoms with Crippen LogP contribution in [0.2, 0.25) is 4.34 Å². The van der Waals surface area contributed by atoms with E-state index >= 15 is 0 Å². The number of nitrogens with two attached hydrogens (primary N) is 1. The van der Waals surface area contributed by atoms with Crippen LogP contribution in [0, 0.1) is 0 Å². The molecule has 0 aliphatic carbocycles. The van der Waals surface area contributed by atoms with Gasteiger partial charge < -0.3 is 10.5 Å². The zero-order valence-corrected chi connectivity index (χ0v) is 16.3. The number of hydrogen-bond acceptors (Lipinski definition) is 5. The van der Waals surface area contributed by atoms with Crippen molar-refractivity contribution < 1.29 is 13.2 Å². The standard InChI is InChI=1S/C15H17ClN2O3S2.ClH/c1-15(2)8-11(10-7-9(17)3-4-12(10)21-15)18-23(19,20)14-6-5-13(16)22-14;/h3-7,11,18H,8,17H2,1-2H3;1H. The number of hydrogen-bond donors (Lipinski definition) is 2. The van der Waals surface area contributed by atoms with Gasteiger partial charge in [0.25, 0.3) is 10.0 Å². The Morgan fingerprint density at radius 1 is 1.33 bits per heavy atom. The van der Waals surface area contributed by atoms with Crippen molar-refractivity contribution in [2.45, 2.75) is 36.1 Å². The molecule has 1 aromatic heterocycles. The lowest BCUT2D eigenvalue weighted by Crippen LogP contribution is -2.41. The van der Waals surface area contributed by atoms with Gasteiger partial charge in [-0.15, -0.1) is 23.7 Å². The summed E-state index contributed by atoms with van der Waals surface area (Å²) < 4.78 is 34.5. The van der Waals surface area contributed by atoms with Crippen LogP contribution in [0.15, 0.2) is 34.5 Å². The van der Waals surface area contributed by atoms with Gasteiger partial charge in [0.2, 0.25) is 0 Å². The highest BCUT2D eigenvalue weighted by Gasteiger charge is 2.36. The van der Waals surface area contributed by atoms with E-state index in [9.17, 15) is 8.42 Å². The molecule has 1 aromatic carbocycles. The second kappa shape index (κ2) is 6.72. The van der Waals surface area contributed by atoms with Gasteiger partial charge in [0.15, 0.2) is 0 Å². The van der Waals surface area contributed by atoms with E-state index in [4.69, 9.17) is 22.1 Å². The highest BCUT2D eigenvalue weighted by molar-refractivity contribution is 7.91. The largest absolute Gasteiger partial charge is 0.487 e. The summed E-state index contributed by atoms with van der Waals surface area (Å²) in [7, 11) is -3.66. The fourth-order valence-corrected chi connectivity index (χ4v) is 5.38. The smallest absolute Gasteiger partial charge is 0.250 e. The molecule has 5 nitrogen and oxygen atoms in total. The van der Waals surface area contributed by atoms with Gasteiger partial charge in [-0.05, 0) is 44.2 Å². The van der Waals surface area contributed by atoms with Crippen LogP contribution in [0.25, 0.3) is 0 Å². The van der Waals surface area contributed by atoms with Crippen molar-refractivity contribution in [2.24, 2.45) is 0 Å². The second-order valence-corrected chi connectivity index (χ2v) is 9.75. The number of thiophene rings is 1. The summed E-state index contributed by atoms with van der Waals surface area (Å²) in [6, 6.07) is 7.92. The number of nitrogens with one attached hydrogen (secondary N) is 1. The Labute approximate surface area is 156 Å². The van der Waals surface area contributed by atoms with Crippen LogP contribution < -0.4 is 15.2 Å². The fourth-order valence-electron chi connectivity index (χ4n) is 2.67. The molecule has 24 heavy (non-hydrogen) atoms. The van der Waals surface area contributed by atoms with E-state index in [0.29, 0.717) is 22.2 Å². The summed E-state index contributed by atoms with van der Waals surface area (Å²) >= 11 is 6.87. The van der Waals surface area contributed by atoms with Crippen LogP contribution in [0.5, 0.6) is 5.75 Å². The van der Waals surface area contributed by atoms with E-state index in [0.717, 1.165) is 16.9 Å². The number of nitrogen functional groups attached to an aromatic ring is 1. The molecule has 0 amide bonds. The minimum atomic E-state index is -3.66. The van der Waals surface area contributed by atoms with E-state index < -0.39 is 21.7 Å². The highest BCUT2D eigenvalue weighted by atomic mass is 35.5. The summed E-state index contributed by atoms with van der Waals surface area (Å²) in [5.41, 5.74) is 6.67. The van der Waals surface area contributed by atoms with Crippen molar-refractivity contribution in [1.82, 2.24) is 4.72 Å². The van der Waals surface area contributed by atoms with Crippen LogP contribution in [-0.4, -0.2) is 14.0 Å². The molecule has 132 valence electrons. The number of sulfonamides is 1. The maximum atomic E-state index is 12.6. The van der Waals surface area contributed by atoms with E-state index in [2.05, 4.69) is 4.72 Å². The molecule has 3 N–H and O–H groups in total. The molecule has 1 unspecified atom stereocenters. The molecule has 2 heterocycles. The first-order chi connectivity index (χ1) is 10.7. The molecule has 0 radical (unpaired) electrons. The van der Waals surface area contributed by atoms with Crippen LogP contribution in [0.3, 0.4) is 0 Å². The van der Waals surface area contributed by atoms with Crippen molar-refractivity contribution in [3.8, 4) is 5.75 Å². The van der Waals surface area contributed by atoms with E-state index in [-0.39, 0.29) is 16.6 Å². The third-order valence-electron chi connectivity index (χ3n) is 3.60. The van der Waals surface area contributed by atoms with Gasteiger partial charge in [0, 0.05) is 17.7 Å². The lowest BCUT2D eigenvalue weighted by atomic mass is 9.90. The van der Waals surface area contributed by atoms with Gasteiger partial charge in [0.05, 0.1) is 10.4 Å². The third kappa shape index (κ3) is 3.97. The minimum Gasteiger partial charge on any atom is -0.487 e. The zero-order valence-electron chi connectivity index (χ0n) is 13.1. The van der Waals surface area contributed by atoms with Crippen LogP contribution >= 0.6 is 35.3 Å². The molecule has 9 heteroatoms. The SMILES string of the molecule is CC1(C)CC(NS(=O)(=O)c2ccc(Cl)s2)c2cc(N)ccc2O1.Cl. The molecular formula is C15H18Cl2N2O3S2. The summed E-state index contributed by atoms with van der Waals surface area (Å²) in [4.78, 5) is 0. The van der Waals surface area contributed by atoms with Gasteiger partial charge in [-0.3, -0.25) is 0 Å². The monoisotopic (exact) mass is 408 g/mol. The van der Waals surface area contributed by atoms with Gasteiger partial charge in [-0.2, -0.15) is 0 Å². The lowest BCUT2D eigenvalue weighted by Gasteiger charge is -2.37. The normalized spacial score (nSPS) is 19.0. The van der Waals surface area contributed by atoms with Crippen LogP contribution in [-0.2, 0) is 10.0 Å². The Hall–Kier alpha value is -0.990. The molecule has 1 atom stereocenters. The maximum Gasteiger partial charge on any atom is 0.250 e. The number of fused-ring (bicyclic) bond motifs is 1. The molecule has 0 saturated heterocycles. The van der Waals surface area contributed by atoms with E-state index in [1.807, 2.05) is 13.8 Å². The average molecular weight is 409 g/mol. The Morgan fingerprint density at radius 3 is 2.67 bits per heavy atom. The van der Waals surface area contributed by atoms with Crippen molar-refractivity contribution >= 4 is 51.1 Å². The number of anilines is 1. The third-order valence-corrected chi connectivity index (χ3v) is 6.80. The molecule has 0 fully saturated rings. The maximum absolute atomic E-state index is 12.6. The molecule has 1 aliphatic heterocycles. The summed E-state index contributed by atoms with van der Waals surface area (Å²) in [5.74, 6) is 0.646. The Kier molecular flexibility index (Phi) is 5.42. The predicted molar refractivity (Wildman–Crippen MR) is 99.8 cm³/mol. The Morgan fingerprint density at radius 2 is 2.04 bits per heavy atom. The highest BCUT2D eigenvalue weighted by Crippen LogP contribution is 2.41. The summed E-state index contributed by atoms with van der Waals surface area (Å²) in [5, 5.41) is 0. The Bertz CT molecular complexity index is 850. The lowest BCUT2D eigenvalue weighted by molar-refractivity contribution is 0.0702. The van der Waals surface area contributed by atoms with Crippen molar-refractivity contribution in [2.75, 3.05) is 5.73 Å². The van der Waals surface area contributed by atoms with Gasteiger partial charge in [-0.1, -0.05) is 11.6 Å². The molecular weight excluding hydrogens is 391 g/mol. The van der Waals surface area contributed by atoms with Crippen molar-refractivity contribution in [1.29, 1.82) is 0 Å². The van der Waals surface area contributed by atoms with E-state index in [1.54, 1.807) is 24.3 Å². The first kappa shape index (κ1) is 19.3. The minimum absolute atomic E-state index is 0. The molecule has 0 spiro atoms. The number of halogens is 2. The first-order valence-corrected chi connectivity index (χ1v) is 9.70. The molecule has 3 rings (SSSR count). The van der Waals surface area contributed by atoms with Gasteiger partial charge in [0.1, 0.15) is 15.6 Å². The number of rotatable bonds is 3. The number of benzene rings is 1. The van der Waals surface area contributed by atoms with Crippen LogP contribution in [0.4, 0.5) is 5.69 Å². The second-order valence-electron chi connectivity index (χ2n) is 6.10. The molecule has 2 aromatic rings. The number of ether oxygens (including phenoxy) is 1. The van der Waals surface area contributed by atoms with Gasteiger partial charge in [-0.25, -0.2) is 13.1 Å². The zero-order chi connectivity index (χ0) is 16.8. The van der Waals surface area contributed by atoms with Crippen molar-refractivity contribution in [3.63, 3.8) is 0 Å². The van der Waals surface area contributed by atoms with Crippen molar-refractivity contribution in [3.05, 3.63) is 40.2 Å². The average Bonchev–Trinajstić information content (AvgIpc) is 2.86. The molecule has 0 saturated carbocycles. The quantitative estimate of drug-likeness (QED) is 0.752.